The Balaban J connectivity index is 1.37. The first-order valence-electron chi connectivity index (χ1n) is 14.5. The third kappa shape index (κ3) is 9.27. The highest BCUT2D eigenvalue weighted by Crippen LogP contribution is 2.35. The summed E-state index contributed by atoms with van der Waals surface area (Å²) >= 11 is 6.79. The number of para-hydroxylation sites is 2. The van der Waals surface area contributed by atoms with Crippen LogP contribution < -0.4 is 24.8 Å². The average molecular weight is 682 g/mol. The summed E-state index contributed by atoms with van der Waals surface area (Å²) in [7, 11) is 1.43. The van der Waals surface area contributed by atoms with E-state index in [0.717, 1.165) is 4.90 Å². The number of thioether (sulfide) groups is 1. The van der Waals surface area contributed by atoms with Crippen molar-refractivity contribution in [3.05, 3.63) is 81.7 Å². The molecule has 0 radical (unpaired) electrons. The molecule has 0 aliphatic carbocycles. The van der Waals surface area contributed by atoms with Crippen LogP contribution in [-0.2, 0) is 19.1 Å². The van der Waals surface area contributed by atoms with Gasteiger partial charge in [-0.15, -0.1) is 0 Å². The highest BCUT2D eigenvalue weighted by Gasteiger charge is 2.36. The van der Waals surface area contributed by atoms with Crippen LogP contribution in [0.3, 0.4) is 0 Å². The zero-order chi connectivity index (χ0) is 33.9. The second-order valence-electron chi connectivity index (χ2n) is 9.82. The van der Waals surface area contributed by atoms with Crippen molar-refractivity contribution in [1.82, 2.24) is 4.90 Å². The number of nitrogens with zero attached hydrogens (tertiary/aromatic N) is 1. The molecule has 1 saturated heterocycles. The highest BCUT2D eigenvalue weighted by molar-refractivity contribution is 8.18. The van der Waals surface area contributed by atoms with Crippen molar-refractivity contribution >= 4 is 69.7 Å². The van der Waals surface area contributed by atoms with E-state index in [1.54, 1.807) is 42.5 Å². The Bertz CT molecular complexity index is 1710. The first kappa shape index (κ1) is 34.9. The van der Waals surface area contributed by atoms with Gasteiger partial charge in [-0.25, -0.2) is 4.79 Å². The predicted octanol–water partition coefficient (Wildman–Crippen LogP) is 6.01. The van der Waals surface area contributed by atoms with Crippen molar-refractivity contribution in [1.29, 1.82) is 0 Å². The van der Waals surface area contributed by atoms with Gasteiger partial charge in [-0.3, -0.25) is 24.1 Å². The number of amides is 4. The molecule has 0 atom stereocenters. The molecule has 1 aliphatic heterocycles. The molecule has 3 aromatic carbocycles. The van der Waals surface area contributed by atoms with E-state index in [1.165, 1.54) is 31.4 Å². The summed E-state index contributed by atoms with van der Waals surface area (Å²) < 4.78 is 21.7. The molecule has 1 fully saturated rings. The Labute approximate surface area is 280 Å². The summed E-state index contributed by atoms with van der Waals surface area (Å²) in [4.78, 5) is 64.2. The number of hydrogen-bond acceptors (Lipinski definition) is 10. The number of halogens is 1. The first-order valence-corrected chi connectivity index (χ1v) is 15.7. The molecule has 4 rings (SSSR count). The fourth-order valence-electron chi connectivity index (χ4n) is 4.24. The minimum absolute atomic E-state index is 0.0745. The van der Waals surface area contributed by atoms with Gasteiger partial charge in [0.2, 0.25) is 5.91 Å². The molecule has 0 saturated carbocycles. The number of rotatable bonds is 14. The maximum Gasteiger partial charge on any atom is 0.339 e. The van der Waals surface area contributed by atoms with Gasteiger partial charge in [-0.1, -0.05) is 36.7 Å². The normalized spacial score (nSPS) is 13.4. The van der Waals surface area contributed by atoms with E-state index < -0.39 is 35.5 Å². The van der Waals surface area contributed by atoms with E-state index in [0.29, 0.717) is 47.5 Å². The van der Waals surface area contributed by atoms with Crippen molar-refractivity contribution < 1.29 is 42.9 Å². The monoisotopic (exact) mass is 681 g/mol. The lowest BCUT2D eigenvalue weighted by Crippen LogP contribution is -2.36. The second kappa shape index (κ2) is 16.5. The van der Waals surface area contributed by atoms with Gasteiger partial charge >= 0.3 is 5.97 Å². The molecule has 12 nitrogen and oxygen atoms in total. The SMILES string of the molecule is CCCOC(=O)c1cc(NC(=O)CN2C(=O)S/C(=C/c3ccc(OCC(=O)Nc4ccccc4OCC)c(OC)c3)C2=O)ccc1Cl. The molecule has 3 aromatic rings. The number of anilines is 2. The fraction of sp³-hybridized carbons (Fsp3) is 0.242. The van der Waals surface area contributed by atoms with Crippen molar-refractivity contribution in [3.63, 3.8) is 0 Å². The van der Waals surface area contributed by atoms with Gasteiger partial charge in [0.1, 0.15) is 12.3 Å². The highest BCUT2D eigenvalue weighted by atomic mass is 35.5. The van der Waals surface area contributed by atoms with Gasteiger partial charge in [-0.2, -0.15) is 0 Å². The van der Waals surface area contributed by atoms with Crippen LogP contribution in [0.2, 0.25) is 5.02 Å². The Morgan fingerprint density at radius 1 is 0.915 bits per heavy atom. The second-order valence-corrected chi connectivity index (χ2v) is 11.2. The quantitative estimate of drug-likeness (QED) is 0.153. The lowest BCUT2D eigenvalue weighted by atomic mass is 10.2. The number of benzene rings is 3. The van der Waals surface area contributed by atoms with Crippen LogP contribution in [0, 0.1) is 0 Å². The Morgan fingerprint density at radius 2 is 1.70 bits per heavy atom. The van der Waals surface area contributed by atoms with Crippen molar-refractivity contribution in [2.24, 2.45) is 0 Å². The van der Waals surface area contributed by atoms with Gasteiger partial charge in [0.15, 0.2) is 18.1 Å². The lowest BCUT2D eigenvalue weighted by molar-refractivity contribution is -0.127. The molecule has 1 heterocycles. The largest absolute Gasteiger partial charge is 0.493 e. The van der Waals surface area contributed by atoms with E-state index in [4.69, 9.17) is 30.5 Å². The number of ether oxygens (including phenoxy) is 4. The smallest absolute Gasteiger partial charge is 0.339 e. The summed E-state index contributed by atoms with van der Waals surface area (Å²) in [6.07, 6.45) is 2.12. The lowest BCUT2D eigenvalue weighted by Gasteiger charge is -2.14. The third-order valence-corrected chi connectivity index (χ3v) is 7.62. The zero-order valence-electron chi connectivity index (χ0n) is 25.8. The van der Waals surface area contributed by atoms with Gasteiger partial charge in [-0.05, 0) is 79.2 Å². The number of nitrogens with one attached hydrogen (secondary N) is 2. The van der Waals surface area contributed by atoms with Crippen LogP contribution in [-0.4, -0.2) is 67.3 Å². The molecule has 246 valence electrons. The molecule has 0 spiro atoms. The number of methoxy groups -OCH3 is 1. The summed E-state index contributed by atoms with van der Waals surface area (Å²) in [5.74, 6) is -1.24. The number of hydrogen-bond donors (Lipinski definition) is 2. The van der Waals surface area contributed by atoms with Crippen LogP contribution in [0.25, 0.3) is 6.08 Å². The van der Waals surface area contributed by atoms with Crippen molar-refractivity contribution in [2.45, 2.75) is 20.3 Å². The topological polar surface area (TPSA) is 150 Å². The standard InChI is InChI=1S/C33H32ClN3O9S/c1-4-14-45-32(41)22-17-21(11-12-23(22)34)35-29(38)18-37-31(40)28(47-33(37)42)16-20-10-13-26(27(15-20)43-3)46-19-30(39)36-24-8-6-7-9-25(24)44-5-2/h6-13,15-17H,4-5,14,18-19H2,1-3H3,(H,35,38)(H,36,39)/b28-16+. The van der Waals surface area contributed by atoms with E-state index in [1.807, 2.05) is 13.8 Å². The van der Waals surface area contributed by atoms with Crippen molar-refractivity contribution in [2.75, 3.05) is 44.1 Å². The van der Waals surface area contributed by atoms with Gasteiger partial charge in [0.05, 0.1) is 41.5 Å². The van der Waals surface area contributed by atoms with Crippen LogP contribution in [0.4, 0.5) is 16.2 Å². The molecule has 2 N–H and O–H groups in total. The minimum atomic E-state index is -0.655. The number of carbonyl (C=O) groups excluding carboxylic acids is 5. The molecule has 0 bridgehead atoms. The number of imide groups is 1. The van der Waals surface area contributed by atoms with Gasteiger partial charge < -0.3 is 29.6 Å². The summed E-state index contributed by atoms with van der Waals surface area (Å²) in [5, 5.41) is 4.85. The van der Waals surface area contributed by atoms with E-state index >= 15 is 0 Å². The third-order valence-electron chi connectivity index (χ3n) is 6.39. The van der Waals surface area contributed by atoms with Crippen LogP contribution in [0.1, 0.15) is 36.2 Å². The zero-order valence-corrected chi connectivity index (χ0v) is 27.4. The van der Waals surface area contributed by atoms with E-state index in [2.05, 4.69) is 10.6 Å². The number of esters is 1. The molecule has 0 aromatic heterocycles. The molecule has 0 unspecified atom stereocenters. The summed E-state index contributed by atoms with van der Waals surface area (Å²) in [6.45, 7) is 3.50. The van der Waals surface area contributed by atoms with Gasteiger partial charge in [0.25, 0.3) is 17.1 Å². The van der Waals surface area contributed by atoms with E-state index in [9.17, 15) is 24.0 Å². The Hall–Kier alpha value is -5.01. The summed E-state index contributed by atoms with van der Waals surface area (Å²) in [5.41, 5.74) is 1.35. The molecule has 47 heavy (non-hydrogen) atoms. The summed E-state index contributed by atoms with van der Waals surface area (Å²) in [6, 6.07) is 16.1. The maximum atomic E-state index is 13.1. The average Bonchev–Trinajstić information content (AvgIpc) is 3.31. The maximum absolute atomic E-state index is 13.1. The predicted molar refractivity (Wildman–Crippen MR) is 178 cm³/mol. The molecular weight excluding hydrogens is 650 g/mol. The first-order chi connectivity index (χ1) is 22.6. The van der Waals surface area contributed by atoms with Crippen LogP contribution in [0.5, 0.6) is 17.2 Å². The van der Waals surface area contributed by atoms with Crippen LogP contribution in [0.15, 0.2) is 65.6 Å². The molecular formula is C33H32ClN3O9S. The van der Waals surface area contributed by atoms with Crippen molar-refractivity contribution in [3.8, 4) is 17.2 Å². The minimum Gasteiger partial charge on any atom is -0.493 e. The molecule has 4 amide bonds. The number of carbonyl (C=O) groups is 5. The van der Waals surface area contributed by atoms with E-state index in [-0.39, 0.29) is 40.1 Å². The fourth-order valence-corrected chi connectivity index (χ4v) is 5.27. The van der Waals surface area contributed by atoms with Crippen LogP contribution >= 0.6 is 23.4 Å². The Kier molecular flexibility index (Phi) is 12.3. The Morgan fingerprint density at radius 3 is 2.45 bits per heavy atom. The molecule has 1 aliphatic rings. The van der Waals surface area contributed by atoms with Gasteiger partial charge in [0, 0.05) is 5.69 Å². The molecule has 14 heteroatoms.